The third-order valence-corrected chi connectivity index (χ3v) is 3.39. The van der Waals surface area contributed by atoms with E-state index in [4.69, 9.17) is 4.74 Å². The van der Waals surface area contributed by atoms with Crippen molar-refractivity contribution in [3.63, 3.8) is 0 Å². The largest absolute Gasteiger partial charge is 0.493 e. The van der Waals surface area contributed by atoms with Crippen LogP contribution in [0.15, 0.2) is 12.1 Å². The lowest BCUT2D eigenvalue weighted by atomic mass is 10.1. The molecule has 3 N–H and O–H groups in total. The van der Waals surface area contributed by atoms with E-state index in [0.29, 0.717) is 0 Å². The van der Waals surface area contributed by atoms with Crippen LogP contribution in [0.3, 0.4) is 0 Å². The van der Waals surface area contributed by atoms with Gasteiger partial charge in [-0.15, -0.1) is 0 Å². The molecule has 0 bridgehead atoms. The molecule has 3 heteroatoms. The summed E-state index contributed by atoms with van der Waals surface area (Å²) in [6, 6.07) is 4.39. The van der Waals surface area contributed by atoms with Crippen LogP contribution in [0.1, 0.15) is 24.5 Å². The summed E-state index contributed by atoms with van der Waals surface area (Å²) < 4.78 is 5.62. The fourth-order valence-corrected chi connectivity index (χ4v) is 2.76. The smallest absolute Gasteiger partial charge is 0.124 e. The second-order valence-corrected chi connectivity index (χ2v) is 4.39. The average Bonchev–Trinajstić information content (AvgIpc) is 2.83. The summed E-state index contributed by atoms with van der Waals surface area (Å²) in [7, 11) is 0. The van der Waals surface area contributed by atoms with Crippen molar-refractivity contribution in [2.75, 3.05) is 24.6 Å². The van der Waals surface area contributed by atoms with E-state index in [-0.39, 0.29) is 6.15 Å². The molecule has 0 radical (unpaired) electrons. The Labute approximate surface area is 97.0 Å². The topological polar surface area (TPSA) is 47.5 Å². The van der Waals surface area contributed by atoms with Crippen molar-refractivity contribution in [3.05, 3.63) is 23.3 Å². The summed E-state index contributed by atoms with van der Waals surface area (Å²) in [4.78, 5) is 2.53. The predicted octanol–water partition coefficient (Wildman–Crippen LogP) is 2.56. The van der Waals surface area contributed by atoms with Gasteiger partial charge in [-0.1, -0.05) is 13.0 Å². The van der Waals surface area contributed by atoms with Crippen LogP contribution in [0.2, 0.25) is 0 Å². The summed E-state index contributed by atoms with van der Waals surface area (Å²) in [5.74, 6) is 1.12. The van der Waals surface area contributed by atoms with Crippen LogP contribution in [0.5, 0.6) is 5.75 Å². The third-order valence-electron chi connectivity index (χ3n) is 3.39. The zero-order valence-electron chi connectivity index (χ0n) is 9.96. The molecule has 0 fully saturated rings. The van der Waals surface area contributed by atoms with Crippen molar-refractivity contribution in [1.29, 1.82) is 0 Å². The summed E-state index contributed by atoms with van der Waals surface area (Å²) >= 11 is 0. The molecular formula is C13H20N2O. The quantitative estimate of drug-likeness (QED) is 0.833. The minimum atomic E-state index is 0. The maximum absolute atomic E-state index is 5.62. The van der Waals surface area contributed by atoms with Gasteiger partial charge < -0.3 is 15.8 Å². The van der Waals surface area contributed by atoms with E-state index in [2.05, 4.69) is 24.0 Å². The van der Waals surface area contributed by atoms with Crippen molar-refractivity contribution in [2.24, 2.45) is 0 Å². The number of anilines is 1. The van der Waals surface area contributed by atoms with Gasteiger partial charge in [-0.25, -0.2) is 0 Å². The van der Waals surface area contributed by atoms with Gasteiger partial charge in [0.15, 0.2) is 0 Å². The first-order chi connectivity index (χ1) is 7.40. The van der Waals surface area contributed by atoms with Gasteiger partial charge in [0.1, 0.15) is 5.75 Å². The third kappa shape index (κ3) is 1.55. The minimum absolute atomic E-state index is 0. The highest BCUT2D eigenvalue weighted by Crippen LogP contribution is 2.40. The Hall–Kier alpha value is -1.22. The van der Waals surface area contributed by atoms with E-state index in [1.54, 1.807) is 0 Å². The van der Waals surface area contributed by atoms with E-state index in [1.165, 1.54) is 42.7 Å². The van der Waals surface area contributed by atoms with Gasteiger partial charge >= 0.3 is 0 Å². The fourth-order valence-electron chi connectivity index (χ4n) is 2.76. The van der Waals surface area contributed by atoms with E-state index < -0.39 is 0 Å². The van der Waals surface area contributed by atoms with Crippen LogP contribution in [0, 0.1) is 0 Å². The van der Waals surface area contributed by atoms with Gasteiger partial charge in [-0.05, 0) is 24.5 Å². The number of fused-ring (bicyclic) bond motifs is 3. The number of hydrogen-bond acceptors (Lipinski definition) is 3. The van der Waals surface area contributed by atoms with Crippen LogP contribution < -0.4 is 15.8 Å². The van der Waals surface area contributed by atoms with Crippen LogP contribution in [-0.4, -0.2) is 19.7 Å². The molecule has 0 saturated heterocycles. The maximum Gasteiger partial charge on any atom is 0.124 e. The Morgan fingerprint density at radius 3 is 3.00 bits per heavy atom. The van der Waals surface area contributed by atoms with Crippen molar-refractivity contribution in [3.8, 4) is 5.75 Å². The molecule has 0 aromatic heterocycles. The molecule has 0 spiro atoms. The first kappa shape index (κ1) is 11.3. The number of ether oxygens (including phenoxy) is 1. The molecule has 2 heterocycles. The average molecular weight is 220 g/mol. The SMILES string of the molecule is CCCN1CCc2ccc3c(c21)CCO3.N. The molecule has 0 saturated carbocycles. The molecule has 3 nitrogen and oxygen atoms in total. The van der Waals surface area contributed by atoms with Crippen molar-refractivity contribution in [2.45, 2.75) is 26.2 Å². The molecule has 3 rings (SSSR count). The zero-order valence-corrected chi connectivity index (χ0v) is 9.96. The standard InChI is InChI=1S/C13H17NO.H3N/c1-2-7-14-8-5-10-3-4-12-11(13(10)14)6-9-15-12;/h3-4H,2,5-9H2,1H3;1H3. The lowest BCUT2D eigenvalue weighted by molar-refractivity contribution is 0.357. The van der Waals surface area contributed by atoms with Gasteiger partial charge in [0.25, 0.3) is 0 Å². The Morgan fingerprint density at radius 1 is 1.31 bits per heavy atom. The minimum Gasteiger partial charge on any atom is -0.493 e. The summed E-state index contributed by atoms with van der Waals surface area (Å²) in [6.07, 6.45) is 3.53. The fraction of sp³-hybridized carbons (Fsp3) is 0.538. The second kappa shape index (κ2) is 4.34. The predicted molar refractivity (Wildman–Crippen MR) is 66.9 cm³/mol. The van der Waals surface area contributed by atoms with Gasteiger partial charge in [0, 0.05) is 30.8 Å². The summed E-state index contributed by atoms with van der Waals surface area (Å²) in [5, 5.41) is 0. The first-order valence-corrected chi connectivity index (χ1v) is 5.92. The molecule has 0 amide bonds. The molecule has 0 aliphatic carbocycles. The van der Waals surface area contributed by atoms with Crippen molar-refractivity contribution < 1.29 is 4.74 Å². The van der Waals surface area contributed by atoms with Crippen molar-refractivity contribution >= 4 is 5.69 Å². The normalized spacial score (nSPS) is 16.4. The van der Waals surface area contributed by atoms with Gasteiger partial charge in [-0.3, -0.25) is 0 Å². The van der Waals surface area contributed by atoms with E-state index >= 15 is 0 Å². The van der Waals surface area contributed by atoms with E-state index in [9.17, 15) is 0 Å². The molecule has 88 valence electrons. The zero-order chi connectivity index (χ0) is 10.3. The Kier molecular flexibility index (Phi) is 3.06. The molecular weight excluding hydrogens is 200 g/mol. The summed E-state index contributed by atoms with van der Waals surface area (Å²) in [6.45, 7) is 5.49. The van der Waals surface area contributed by atoms with E-state index in [1.807, 2.05) is 0 Å². The second-order valence-electron chi connectivity index (χ2n) is 4.39. The lowest BCUT2D eigenvalue weighted by Gasteiger charge is -2.20. The van der Waals surface area contributed by atoms with Gasteiger partial charge in [0.05, 0.1) is 6.61 Å². The van der Waals surface area contributed by atoms with Crippen molar-refractivity contribution in [1.82, 2.24) is 6.15 Å². The van der Waals surface area contributed by atoms with Crippen LogP contribution in [0.25, 0.3) is 0 Å². The summed E-state index contributed by atoms with van der Waals surface area (Å²) in [5.41, 5.74) is 4.47. The molecule has 0 unspecified atom stereocenters. The van der Waals surface area contributed by atoms with Gasteiger partial charge in [-0.2, -0.15) is 0 Å². The number of nitrogens with zero attached hydrogens (tertiary/aromatic N) is 1. The molecule has 16 heavy (non-hydrogen) atoms. The Bertz CT molecular complexity index is 388. The number of hydrogen-bond donors (Lipinski definition) is 1. The molecule has 1 aromatic rings. The number of rotatable bonds is 2. The van der Waals surface area contributed by atoms with Crippen LogP contribution >= 0.6 is 0 Å². The van der Waals surface area contributed by atoms with Crippen LogP contribution in [-0.2, 0) is 12.8 Å². The maximum atomic E-state index is 5.62. The van der Waals surface area contributed by atoms with Crippen LogP contribution in [0.4, 0.5) is 5.69 Å². The highest BCUT2D eigenvalue weighted by atomic mass is 16.5. The van der Waals surface area contributed by atoms with E-state index in [0.717, 1.165) is 18.8 Å². The number of benzene rings is 1. The molecule has 2 aliphatic rings. The first-order valence-electron chi connectivity index (χ1n) is 5.92. The molecule has 0 atom stereocenters. The molecule has 2 aliphatic heterocycles. The highest BCUT2D eigenvalue weighted by Gasteiger charge is 2.26. The lowest BCUT2D eigenvalue weighted by Crippen LogP contribution is -2.21. The Morgan fingerprint density at radius 2 is 2.19 bits per heavy atom. The van der Waals surface area contributed by atoms with Gasteiger partial charge in [0.2, 0.25) is 0 Å². The monoisotopic (exact) mass is 220 g/mol. The Balaban J connectivity index is 0.000000963. The molecule has 1 aromatic carbocycles. The highest BCUT2D eigenvalue weighted by molar-refractivity contribution is 5.68.